The summed E-state index contributed by atoms with van der Waals surface area (Å²) in [6, 6.07) is 9.39. The lowest BCUT2D eigenvalue weighted by molar-refractivity contribution is 0.564. The van der Waals surface area contributed by atoms with Crippen LogP contribution < -0.4 is 10.0 Å². The molecule has 2 aromatic carbocycles. The Hall–Kier alpha value is -2.38. The summed E-state index contributed by atoms with van der Waals surface area (Å²) in [5, 5.41) is 11.2. The Kier molecular flexibility index (Phi) is 5.02. The molecule has 0 aliphatic carbocycles. The van der Waals surface area contributed by atoms with Crippen molar-refractivity contribution in [2.75, 3.05) is 11.9 Å². The van der Waals surface area contributed by atoms with E-state index in [-0.39, 0.29) is 6.04 Å². The molecule has 138 valence electrons. The van der Waals surface area contributed by atoms with Crippen LogP contribution in [0.5, 0.6) is 0 Å². The van der Waals surface area contributed by atoms with Gasteiger partial charge in [-0.2, -0.15) is 5.10 Å². The number of aromatic nitrogens is 2. The highest BCUT2D eigenvalue weighted by Gasteiger charge is 2.22. The molecule has 1 heterocycles. The normalized spacial score (nSPS) is 13.1. The third kappa shape index (κ3) is 3.89. The summed E-state index contributed by atoms with van der Waals surface area (Å²) in [7, 11) is -3.57. The summed E-state index contributed by atoms with van der Waals surface area (Å²) in [5.41, 5.74) is 4.44. The van der Waals surface area contributed by atoms with Gasteiger partial charge in [-0.1, -0.05) is 17.7 Å². The van der Waals surface area contributed by atoms with Crippen LogP contribution in [-0.2, 0) is 10.0 Å². The van der Waals surface area contributed by atoms with Crippen molar-refractivity contribution in [1.82, 2.24) is 14.9 Å². The molecule has 0 radical (unpaired) electrons. The first kappa shape index (κ1) is 18.4. The van der Waals surface area contributed by atoms with Crippen molar-refractivity contribution in [3.8, 4) is 0 Å². The van der Waals surface area contributed by atoms with Gasteiger partial charge in [-0.25, -0.2) is 13.1 Å². The zero-order chi connectivity index (χ0) is 18.9. The molecule has 3 aromatic rings. The van der Waals surface area contributed by atoms with Crippen molar-refractivity contribution < 1.29 is 8.42 Å². The van der Waals surface area contributed by atoms with Gasteiger partial charge in [0.15, 0.2) is 0 Å². The minimum absolute atomic E-state index is 0.266. The predicted molar refractivity (Wildman–Crippen MR) is 105 cm³/mol. The van der Waals surface area contributed by atoms with Gasteiger partial charge in [0.25, 0.3) is 0 Å². The quantitative estimate of drug-likeness (QED) is 0.620. The van der Waals surface area contributed by atoms with Crippen LogP contribution in [0.4, 0.5) is 5.69 Å². The molecule has 0 saturated carbocycles. The number of aromatic amines is 1. The second-order valence-electron chi connectivity index (χ2n) is 6.80. The first-order chi connectivity index (χ1) is 12.3. The predicted octanol–water partition coefficient (Wildman–Crippen LogP) is 3.27. The standard InChI is InChI=1S/C19H24N4O2S/c1-12-7-13(2)19(14(3)8-12)26(24,25)23-15(4)10-20-17-6-5-16-11-21-22-18(16)9-17/h5-9,11,15,20,23H,10H2,1-4H3,(H,21,22)/t15-/m0/s1. The summed E-state index contributed by atoms with van der Waals surface area (Å²) in [6.45, 7) is 7.95. The molecule has 7 heteroatoms. The van der Waals surface area contributed by atoms with Crippen molar-refractivity contribution in [3.05, 3.63) is 53.2 Å². The van der Waals surface area contributed by atoms with Gasteiger partial charge in [-0.05, 0) is 57.0 Å². The first-order valence-electron chi connectivity index (χ1n) is 8.53. The first-order valence-corrected chi connectivity index (χ1v) is 10.0. The second-order valence-corrected chi connectivity index (χ2v) is 8.45. The van der Waals surface area contributed by atoms with Crippen molar-refractivity contribution in [3.63, 3.8) is 0 Å². The van der Waals surface area contributed by atoms with E-state index in [0.29, 0.717) is 11.4 Å². The number of nitrogens with zero attached hydrogens (tertiary/aromatic N) is 1. The Balaban J connectivity index is 1.69. The number of benzene rings is 2. The molecular formula is C19H24N4O2S. The number of aryl methyl sites for hydroxylation is 3. The third-order valence-corrected chi connectivity index (χ3v) is 6.18. The SMILES string of the molecule is Cc1cc(C)c(S(=O)(=O)N[C@@H](C)CNc2ccc3cn[nH]c3c2)c(C)c1. The Morgan fingerprint density at radius 1 is 1.12 bits per heavy atom. The van der Waals surface area contributed by atoms with E-state index in [9.17, 15) is 8.42 Å². The van der Waals surface area contributed by atoms with Crippen molar-refractivity contribution >= 4 is 26.6 Å². The van der Waals surface area contributed by atoms with Crippen LogP contribution in [0, 0.1) is 20.8 Å². The number of fused-ring (bicyclic) bond motifs is 1. The maximum Gasteiger partial charge on any atom is 0.241 e. The zero-order valence-corrected chi connectivity index (χ0v) is 16.2. The molecule has 6 nitrogen and oxygen atoms in total. The smallest absolute Gasteiger partial charge is 0.241 e. The molecule has 0 bridgehead atoms. The Labute approximate surface area is 154 Å². The Morgan fingerprint density at radius 2 is 1.81 bits per heavy atom. The van der Waals surface area contributed by atoms with Crippen molar-refractivity contribution in [1.29, 1.82) is 0 Å². The van der Waals surface area contributed by atoms with E-state index < -0.39 is 10.0 Å². The molecule has 0 fully saturated rings. The zero-order valence-electron chi connectivity index (χ0n) is 15.4. The van der Waals surface area contributed by atoms with Crippen LogP contribution in [0.15, 0.2) is 41.4 Å². The Bertz CT molecular complexity index is 1020. The van der Waals surface area contributed by atoms with Gasteiger partial charge in [0.1, 0.15) is 0 Å². The summed E-state index contributed by atoms with van der Waals surface area (Å²) >= 11 is 0. The van der Waals surface area contributed by atoms with Crippen molar-refractivity contribution in [2.24, 2.45) is 0 Å². The van der Waals surface area contributed by atoms with Crippen LogP contribution in [0.1, 0.15) is 23.6 Å². The summed E-state index contributed by atoms with van der Waals surface area (Å²) in [5.74, 6) is 0. The number of H-pyrrole nitrogens is 1. The monoisotopic (exact) mass is 372 g/mol. The van der Waals surface area contributed by atoms with E-state index >= 15 is 0 Å². The molecule has 1 atom stereocenters. The lowest BCUT2D eigenvalue weighted by atomic mass is 10.1. The van der Waals surface area contributed by atoms with Crippen LogP contribution >= 0.6 is 0 Å². The van der Waals surface area contributed by atoms with Crippen LogP contribution in [0.25, 0.3) is 10.9 Å². The highest BCUT2D eigenvalue weighted by atomic mass is 32.2. The van der Waals surface area contributed by atoms with Crippen LogP contribution in [-0.4, -0.2) is 31.2 Å². The second kappa shape index (κ2) is 7.09. The van der Waals surface area contributed by atoms with E-state index in [1.807, 2.05) is 58.0 Å². The number of sulfonamides is 1. The average Bonchev–Trinajstić information content (AvgIpc) is 2.98. The topological polar surface area (TPSA) is 86.9 Å². The van der Waals surface area contributed by atoms with Gasteiger partial charge < -0.3 is 5.32 Å². The van der Waals surface area contributed by atoms with E-state index in [4.69, 9.17) is 0 Å². The third-order valence-electron chi connectivity index (χ3n) is 4.28. The highest BCUT2D eigenvalue weighted by molar-refractivity contribution is 7.89. The number of hydrogen-bond acceptors (Lipinski definition) is 4. The van der Waals surface area contributed by atoms with Gasteiger partial charge in [0.05, 0.1) is 16.6 Å². The number of nitrogens with one attached hydrogen (secondary N) is 3. The maximum atomic E-state index is 12.8. The van der Waals surface area contributed by atoms with Gasteiger partial charge in [-0.3, -0.25) is 5.10 Å². The molecule has 0 amide bonds. The maximum absolute atomic E-state index is 12.8. The van der Waals surface area contributed by atoms with Crippen LogP contribution in [0.3, 0.4) is 0 Å². The lowest BCUT2D eigenvalue weighted by Crippen LogP contribution is -2.38. The van der Waals surface area contributed by atoms with Crippen molar-refractivity contribution in [2.45, 2.75) is 38.6 Å². The largest absolute Gasteiger partial charge is 0.383 e. The van der Waals surface area contributed by atoms with Gasteiger partial charge in [-0.15, -0.1) is 0 Å². The fraction of sp³-hybridized carbons (Fsp3) is 0.316. The minimum atomic E-state index is -3.57. The fourth-order valence-corrected chi connectivity index (χ4v) is 4.97. The molecule has 0 unspecified atom stereocenters. The molecule has 0 aliphatic rings. The number of hydrogen-bond donors (Lipinski definition) is 3. The molecular weight excluding hydrogens is 348 g/mol. The minimum Gasteiger partial charge on any atom is -0.383 e. The molecule has 3 rings (SSSR count). The van der Waals surface area contributed by atoms with E-state index in [0.717, 1.165) is 33.3 Å². The molecule has 0 spiro atoms. The molecule has 0 saturated heterocycles. The average molecular weight is 372 g/mol. The summed E-state index contributed by atoms with van der Waals surface area (Å²) in [6.07, 6.45) is 1.77. The van der Waals surface area contributed by atoms with E-state index in [1.165, 1.54) is 0 Å². The molecule has 1 aromatic heterocycles. The molecule has 26 heavy (non-hydrogen) atoms. The fourth-order valence-electron chi connectivity index (χ4n) is 3.27. The van der Waals surface area contributed by atoms with E-state index in [2.05, 4.69) is 20.2 Å². The number of anilines is 1. The molecule has 0 aliphatic heterocycles. The van der Waals surface area contributed by atoms with E-state index in [1.54, 1.807) is 6.20 Å². The van der Waals surface area contributed by atoms with Gasteiger partial charge >= 0.3 is 0 Å². The highest BCUT2D eigenvalue weighted by Crippen LogP contribution is 2.22. The van der Waals surface area contributed by atoms with Crippen LogP contribution in [0.2, 0.25) is 0 Å². The van der Waals surface area contributed by atoms with Gasteiger partial charge in [0.2, 0.25) is 10.0 Å². The Morgan fingerprint density at radius 3 is 2.50 bits per heavy atom. The molecule has 3 N–H and O–H groups in total. The number of rotatable bonds is 6. The van der Waals surface area contributed by atoms with Gasteiger partial charge in [0, 0.05) is 23.7 Å². The summed E-state index contributed by atoms with van der Waals surface area (Å²) < 4.78 is 28.4. The lowest BCUT2D eigenvalue weighted by Gasteiger charge is -2.18. The summed E-state index contributed by atoms with van der Waals surface area (Å²) in [4.78, 5) is 0.369.